The van der Waals surface area contributed by atoms with Crippen molar-refractivity contribution >= 4 is 44.4 Å². The van der Waals surface area contributed by atoms with Crippen LogP contribution in [0.4, 0.5) is 10.5 Å². The number of carboxylic acid groups (broad SMARTS) is 1. The second kappa shape index (κ2) is 7.46. The lowest BCUT2D eigenvalue weighted by molar-refractivity contribution is 0.0968. The molecule has 0 spiro atoms. The summed E-state index contributed by atoms with van der Waals surface area (Å²) in [5.41, 5.74) is 2.40. The quantitative estimate of drug-likeness (QED) is 0.602. The molecule has 0 unspecified atom stereocenters. The summed E-state index contributed by atoms with van der Waals surface area (Å²) in [6, 6.07) is 6.13. The van der Waals surface area contributed by atoms with Crippen LogP contribution < -0.4 is 10.6 Å². The van der Waals surface area contributed by atoms with Crippen LogP contribution in [0.15, 0.2) is 28.9 Å². The molecule has 142 valence electrons. The van der Waals surface area contributed by atoms with Crippen molar-refractivity contribution in [3.05, 3.63) is 34.4 Å². The van der Waals surface area contributed by atoms with Gasteiger partial charge in [-0.15, -0.1) is 0 Å². The molecule has 0 radical (unpaired) electrons. The first-order chi connectivity index (χ1) is 13.0. The van der Waals surface area contributed by atoms with Crippen LogP contribution in [-0.2, 0) is 0 Å². The van der Waals surface area contributed by atoms with Gasteiger partial charge < -0.3 is 15.7 Å². The number of benzene rings is 1. The Morgan fingerprint density at radius 3 is 2.44 bits per heavy atom. The number of hydrogen-bond acceptors (Lipinski definition) is 4. The monoisotopic (exact) mass is 431 g/mol. The number of amides is 1. The summed E-state index contributed by atoms with van der Waals surface area (Å²) >= 11 is 3.52. The molecule has 1 heterocycles. The molecule has 1 aromatic carbocycles. The van der Waals surface area contributed by atoms with Crippen molar-refractivity contribution in [3.8, 4) is 0 Å². The Kier molecular flexibility index (Phi) is 5.04. The van der Waals surface area contributed by atoms with E-state index < -0.39 is 6.09 Å². The van der Waals surface area contributed by atoms with Gasteiger partial charge in [-0.2, -0.15) is 0 Å². The third kappa shape index (κ3) is 4.08. The predicted molar refractivity (Wildman–Crippen MR) is 107 cm³/mol. The average molecular weight is 432 g/mol. The van der Waals surface area contributed by atoms with Crippen molar-refractivity contribution in [1.29, 1.82) is 0 Å². The number of nitrogens with one attached hydrogen (secondary N) is 2. The zero-order valence-corrected chi connectivity index (χ0v) is 16.5. The van der Waals surface area contributed by atoms with E-state index in [9.17, 15) is 9.59 Å². The smallest absolute Gasteiger partial charge is 0.404 e. The van der Waals surface area contributed by atoms with Crippen molar-refractivity contribution in [3.63, 3.8) is 0 Å². The van der Waals surface area contributed by atoms with Gasteiger partial charge in [-0.05, 0) is 56.7 Å². The van der Waals surface area contributed by atoms with Crippen LogP contribution in [0.3, 0.4) is 0 Å². The first kappa shape index (κ1) is 18.2. The zero-order valence-electron chi connectivity index (χ0n) is 14.9. The average Bonchev–Trinajstić information content (AvgIpc) is 3.48. The summed E-state index contributed by atoms with van der Waals surface area (Å²) in [6.07, 6.45) is 5.97. The molecule has 1 aromatic heterocycles. The summed E-state index contributed by atoms with van der Waals surface area (Å²) < 4.78 is 0.949. The van der Waals surface area contributed by atoms with Crippen LogP contribution in [0.25, 0.3) is 10.9 Å². The number of ketones is 1. The molecule has 2 aliphatic rings. The lowest BCUT2D eigenvalue weighted by Gasteiger charge is -2.30. The van der Waals surface area contributed by atoms with Crippen LogP contribution in [0.2, 0.25) is 0 Å². The third-order valence-electron chi connectivity index (χ3n) is 5.45. The number of Topliss-reactive ketones (excluding diaryl/α,β-unsaturated/α-hetero) is 1. The largest absolute Gasteiger partial charge is 0.465 e. The van der Waals surface area contributed by atoms with Gasteiger partial charge in [-0.25, -0.2) is 4.79 Å². The maximum Gasteiger partial charge on any atom is 0.404 e. The Bertz CT molecular complexity index is 889. The van der Waals surface area contributed by atoms with Gasteiger partial charge in [0.1, 0.15) is 0 Å². The number of rotatable bonds is 5. The number of fused-ring (bicyclic) bond motifs is 1. The molecule has 27 heavy (non-hydrogen) atoms. The SMILES string of the molecule is O=C(O)N[C@H]1CC[C@H](Nc2c(C(=O)C3CC3)cnc3ccc(Br)cc23)CC1. The van der Waals surface area contributed by atoms with Gasteiger partial charge >= 0.3 is 6.09 Å². The van der Waals surface area contributed by atoms with Gasteiger partial charge in [-0.1, -0.05) is 15.9 Å². The molecular formula is C20H22BrN3O3. The van der Waals surface area contributed by atoms with Gasteiger partial charge in [0.25, 0.3) is 0 Å². The Balaban J connectivity index is 1.61. The molecule has 2 saturated carbocycles. The Morgan fingerprint density at radius 1 is 1.07 bits per heavy atom. The normalized spacial score (nSPS) is 22.4. The summed E-state index contributed by atoms with van der Waals surface area (Å²) in [4.78, 5) is 28.1. The lowest BCUT2D eigenvalue weighted by atomic mass is 9.90. The molecule has 2 aromatic rings. The number of hydrogen-bond donors (Lipinski definition) is 3. The van der Waals surface area contributed by atoms with E-state index in [1.807, 2.05) is 18.2 Å². The van der Waals surface area contributed by atoms with E-state index in [4.69, 9.17) is 5.11 Å². The van der Waals surface area contributed by atoms with Gasteiger partial charge in [0.2, 0.25) is 0 Å². The maximum atomic E-state index is 12.8. The minimum absolute atomic E-state index is 0.0106. The van der Waals surface area contributed by atoms with Crippen LogP contribution >= 0.6 is 15.9 Å². The van der Waals surface area contributed by atoms with Crippen molar-refractivity contribution in [2.24, 2.45) is 5.92 Å². The first-order valence-electron chi connectivity index (χ1n) is 9.39. The fraction of sp³-hybridized carbons (Fsp3) is 0.450. The number of pyridine rings is 1. The molecule has 4 rings (SSSR count). The highest BCUT2D eigenvalue weighted by Gasteiger charge is 2.33. The number of anilines is 1. The molecule has 2 fully saturated rings. The fourth-order valence-electron chi connectivity index (χ4n) is 3.83. The topological polar surface area (TPSA) is 91.3 Å². The molecule has 3 N–H and O–H groups in total. The van der Waals surface area contributed by atoms with Gasteiger partial charge in [0, 0.05) is 34.1 Å². The van der Waals surface area contributed by atoms with E-state index in [1.165, 1.54) is 0 Å². The lowest BCUT2D eigenvalue weighted by Crippen LogP contribution is -2.39. The molecule has 0 atom stereocenters. The van der Waals surface area contributed by atoms with Crippen molar-refractivity contribution < 1.29 is 14.7 Å². The highest BCUT2D eigenvalue weighted by Crippen LogP contribution is 2.38. The zero-order chi connectivity index (χ0) is 19.0. The summed E-state index contributed by atoms with van der Waals surface area (Å²) in [6.45, 7) is 0. The highest BCUT2D eigenvalue weighted by atomic mass is 79.9. The van der Waals surface area contributed by atoms with E-state index in [0.29, 0.717) is 5.56 Å². The molecule has 0 aliphatic heterocycles. The van der Waals surface area contributed by atoms with Crippen LogP contribution in [0, 0.1) is 5.92 Å². The number of halogens is 1. The molecule has 2 aliphatic carbocycles. The number of carbonyl (C=O) groups excluding carboxylic acids is 1. The fourth-order valence-corrected chi connectivity index (χ4v) is 4.19. The Hall–Kier alpha value is -2.15. The minimum Gasteiger partial charge on any atom is -0.465 e. The Morgan fingerprint density at radius 2 is 1.78 bits per heavy atom. The molecule has 0 bridgehead atoms. The van der Waals surface area contributed by atoms with Crippen LogP contribution in [0.5, 0.6) is 0 Å². The van der Waals surface area contributed by atoms with E-state index in [-0.39, 0.29) is 23.8 Å². The number of nitrogens with zero attached hydrogens (tertiary/aromatic N) is 1. The van der Waals surface area contributed by atoms with Crippen molar-refractivity contribution in [2.45, 2.75) is 50.6 Å². The van der Waals surface area contributed by atoms with E-state index in [2.05, 4.69) is 31.5 Å². The highest BCUT2D eigenvalue weighted by molar-refractivity contribution is 9.10. The van der Waals surface area contributed by atoms with Gasteiger partial charge in [0.15, 0.2) is 5.78 Å². The molecule has 0 saturated heterocycles. The van der Waals surface area contributed by atoms with Crippen LogP contribution in [-0.4, -0.2) is 34.1 Å². The molecule has 1 amide bonds. The van der Waals surface area contributed by atoms with E-state index in [0.717, 1.165) is 59.6 Å². The first-order valence-corrected chi connectivity index (χ1v) is 10.2. The van der Waals surface area contributed by atoms with Crippen molar-refractivity contribution in [1.82, 2.24) is 10.3 Å². The van der Waals surface area contributed by atoms with E-state index in [1.54, 1.807) is 6.20 Å². The third-order valence-corrected chi connectivity index (χ3v) is 5.94. The maximum absolute atomic E-state index is 12.8. The molecule has 7 heteroatoms. The van der Waals surface area contributed by atoms with Gasteiger partial charge in [0.05, 0.1) is 16.8 Å². The standard InChI is InChI=1S/C20H22BrN3O3/c21-12-3-8-17-15(9-12)18(16(10-22-17)19(25)11-1-2-11)23-13-4-6-14(7-5-13)24-20(26)27/h3,8-11,13-14,24H,1-2,4-7H2,(H,22,23)(H,26,27)/t13-,14-. The molecule has 6 nitrogen and oxygen atoms in total. The summed E-state index contributed by atoms with van der Waals surface area (Å²) in [5, 5.41) is 16.0. The van der Waals surface area contributed by atoms with Crippen molar-refractivity contribution in [2.75, 3.05) is 5.32 Å². The molecular weight excluding hydrogens is 410 g/mol. The number of carbonyl (C=O) groups is 2. The second-order valence-electron chi connectivity index (χ2n) is 7.49. The van der Waals surface area contributed by atoms with Gasteiger partial charge in [-0.3, -0.25) is 9.78 Å². The van der Waals surface area contributed by atoms with Crippen LogP contribution in [0.1, 0.15) is 48.9 Å². The second-order valence-corrected chi connectivity index (χ2v) is 8.40. The minimum atomic E-state index is -0.964. The Labute approximate surface area is 165 Å². The summed E-state index contributed by atoms with van der Waals surface area (Å²) in [5.74, 6) is 0.306. The number of aromatic nitrogens is 1. The van der Waals surface area contributed by atoms with E-state index >= 15 is 0 Å². The predicted octanol–water partition coefficient (Wildman–Crippen LogP) is 4.58. The summed E-state index contributed by atoms with van der Waals surface area (Å²) in [7, 11) is 0.